The molecule has 0 saturated carbocycles. The fraction of sp³-hybridized carbons (Fsp3) is 0.316. The molecule has 2 N–H and O–H groups in total. The van der Waals surface area contributed by atoms with Gasteiger partial charge in [0.05, 0.1) is 10.5 Å². The van der Waals surface area contributed by atoms with Gasteiger partial charge in [-0.25, -0.2) is 13.1 Å². The van der Waals surface area contributed by atoms with Crippen LogP contribution in [0.4, 0.5) is 13.2 Å². The minimum atomic E-state index is -4.45. The highest BCUT2D eigenvalue weighted by Gasteiger charge is 2.30. The Morgan fingerprint density at radius 3 is 2.46 bits per heavy atom. The SMILES string of the molecule is Cc1ccc(C)c(S(=O)(=O)NCCC(=O)NCc2cccc(C(F)(F)F)c2)c1. The van der Waals surface area contributed by atoms with Crippen LogP contribution in [-0.2, 0) is 27.5 Å². The molecule has 0 unspecified atom stereocenters. The lowest BCUT2D eigenvalue weighted by atomic mass is 10.1. The number of nitrogens with one attached hydrogen (secondary N) is 2. The smallest absolute Gasteiger partial charge is 0.352 e. The number of alkyl halides is 3. The number of sulfonamides is 1. The first-order chi connectivity index (χ1) is 13.0. The van der Waals surface area contributed by atoms with Crippen LogP contribution in [-0.4, -0.2) is 20.9 Å². The molecule has 28 heavy (non-hydrogen) atoms. The number of hydrogen-bond donors (Lipinski definition) is 2. The average Bonchev–Trinajstić information content (AvgIpc) is 2.61. The molecule has 2 aromatic carbocycles. The summed E-state index contributed by atoms with van der Waals surface area (Å²) in [4.78, 5) is 12.0. The zero-order valence-electron chi connectivity index (χ0n) is 15.4. The molecule has 0 heterocycles. The lowest BCUT2D eigenvalue weighted by Crippen LogP contribution is -2.31. The van der Waals surface area contributed by atoms with E-state index in [9.17, 15) is 26.4 Å². The van der Waals surface area contributed by atoms with Gasteiger partial charge in [-0.3, -0.25) is 4.79 Å². The van der Waals surface area contributed by atoms with Crippen molar-refractivity contribution < 1.29 is 26.4 Å². The second kappa shape index (κ2) is 8.74. The van der Waals surface area contributed by atoms with Gasteiger partial charge in [-0.05, 0) is 48.7 Å². The van der Waals surface area contributed by atoms with Crippen molar-refractivity contribution in [2.75, 3.05) is 6.54 Å². The molecule has 2 aromatic rings. The predicted octanol–water partition coefficient (Wildman–Crippen LogP) is 3.31. The highest BCUT2D eigenvalue weighted by Crippen LogP contribution is 2.29. The quantitative estimate of drug-likeness (QED) is 0.730. The second-order valence-electron chi connectivity index (χ2n) is 6.39. The van der Waals surface area contributed by atoms with Gasteiger partial charge in [0, 0.05) is 19.5 Å². The summed E-state index contributed by atoms with van der Waals surface area (Å²) in [5.74, 6) is -0.471. The van der Waals surface area contributed by atoms with Gasteiger partial charge in [-0.1, -0.05) is 24.3 Å². The van der Waals surface area contributed by atoms with E-state index in [1.165, 1.54) is 12.1 Å². The number of aryl methyl sites for hydroxylation is 2. The number of rotatable bonds is 7. The topological polar surface area (TPSA) is 75.3 Å². The van der Waals surface area contributed by atoms with E-state index in [0.717, 1.165) is 17.7 Å². The van der Waals surface area contributed by atoms with E-state index in [1.807, 2.05) is 0 Å². The summed E-state index contributed by atoms with van der Waals surface area (Å²) in [5.41, 5.74) is 0.900. The molecule has 0 aliphatic heterocycles. The fourth-order valence-electron chi connectivity index (χ4n) is 2.52. The summed E-state index contributed by atoms with van der Waals surface area (Å²) in [5, 5.41) is 2.48. The Hall–Kier alpha value is -2.39. The van der Waals surface area contributed by atoms with Crippen LogP contribution in [0.2, 0.25) is 0 Å². The normalized spacial score (nSPS) is 12.0. The molecule has 5 nitrogen and oxygen atoms in total. The number of amides is 1. The van der Waals surface area contributed by atoms with Crippen LogP contribution in [0, 0.1) is 13.8 Å². The minimum Gasteiger partial charge on any atom is -0.352 e. The first-order valence-corrected chi connectivity index (χ1v) is 9.97. The van der Waals surface area contributed by atoms with Crippen molar-refractivity contribution in [2.45, 2.75) is 37.9 Å². The van der Waals surface area contributed by atoms with Crippen molar-refractivity contribution in [1.29, 1.82) is 0 Å². The predicted molar refractivity (Wildman–Crippen MR) is 99.0 cm³/mol. The summed E-state index contributed by atoms with van der Waals surface area (Å²) >= 11 is 0. The van der Waals surface area contributed by atoms with E-state index in [1.54, 1.807) is 32.0 Å². The Labute approximate surface area is 162 Å². The van der Waals surface area contributed by atoms with Gasteiger partial charge in [0.1, 0.15) is 0 Å². The molecule has 152 valence electrons. The van der Waals surface area contributed by atoms with Crippen LogP contribution >= 0.6 is 0 Å². The van der Waals surface area contributed by atoms with E-state index in [-0.39, 0.29) is 24.4 Å². The molecular formula is C19H21F3N2O3S. The van der Waals surface area contributed by atoms with Gasteiger partial charge in [0.15, 0.2) is 0 Å². The molecule has 0 fully saturated rings. The van der Waals surface area contributed by atoms with Crippen LogP contribution in [0.25, 0.3) is 0 Å². The summed E-state index contributed by atoms with van der Waals surface area (Å²) in [6.45, 7) is 3.26. The molecular weight excluding hydrogens is 393 g/mol. The maximum Gasteiger partial charge on any atom is 0.416 e. The Morgan fingerprint density at radius 1 is 1.07 bits per heavy atom. The third kappa shape index (κ3) is 6.07. The third-order valence-electron chi connectivity index (χ3n) is 4.02. The van der Waals surface area contributed by atoms with E-state index < -0.39 is 27.7 Å². The number of halogens is 3. The number of hydrogen-bond acceptors (Lipinski definition) is 3. The molecule has 0 aliphatic carbocycles. The standard InChI is InChI=1S/C19H21F3N2O3S/c1-13-6-7-14(2)17(10-13)28(26,27)24-9-8-18(25)23-12-15-4-3-5-16(11-15)19(20,21)22/h3-7,10-11,24H,8-9,12H2,1-2H3,(H,23,25). The Balaban J connectivity index is 1.87. The first kappa shape index (κ1) is 21.9. The van der Waals surface area contributed by atoms with Gasteiger partial charge >= 0.3 is 6.18 Å². The molecule has 0 atom stereocenters. The number of carbonyl (C=O) groups excluding carboxylic acids is 1. The molecule has 0 radical (unpaired) electrons. The van der Waals surface area contributed by atoms with Crippen molar-refractivity contribution in [3.05, 3.63) is 64.7 Å². The maximum atomic E-state index is 12.7. The van der Waals surface area contributed by atoms with Gasteiger partial charge < -0.3 is 5.32 Å². The monoisotopic (exact) mass is 414 g/mol. The summed E-state index contributed by atoms with van der Waals surface area (Å²) in [7, 11) is -3.75. The summed E-state index contributed by atoms with van der Waals surface area (Å²) in [6, 6.07) is 9.70. The van der Waals surface area contributed by atoms with Crippen LogP contribution < -0.4 is 10.0 Å². The highest BCUT2D eigenvalue weighted by atomic mass is 32.2. The minimum absolute atomic E-state index is 0.0769. The molecule has 0 spiro atoms. The molecule has 0 bridgehead atoms. The van der Waals surface area contributed by atoms with Gasteiger partial charge in [-0.15, -0.1) is 0 Å². The van der Waals surface area contributed by atoms with Crippen molar-refractivity contribution in [1.82, 2.24) is 10.0 Å². The van der Waals surface area contributed by atoms with Crippen molar-refractivity contribution >= 4 is 15.9 Å². The Morgan fingerprint density at radius 2 is 1.79 bits per heavy atom. The Kier molecular flexibility index (Phi) is 6.84. The molecule has 1 amide bonds. The molecule has 2 rings (SSSR count). The molecule has 0 aliphatic rings. The molecule has 0 saturated heterocycles. The summed E-state index contributed by atoms with van der Waals surface area (Å²) in [6.07, 6.45) is -4.59. The van der Waals surface area contributed by atoms with Gasteiger partial charge in [0.2, 0.25) is 15.9 Å². The summed E-state index contributed by atoms with van der Waals surface area (Å²) < 4.78 is 65.1. The van der Waals surface area contributed by atoms with Crippen LogP contribution in [0.1, 0.15) is 28.7 Å². The van der Waals surface area contributed by atoms with Crippen molar-refractivity contribution in [3.63, 3.8) is 0 Å². The van der Waals surface area contributed by atoms with Crippen LogP contribution in [0.3, 0.4) is 0 Å². The lowest BCUT2D eigenvalue weighted by molar-refractivity contribution is -0.137. The number of benzene rings is 2. The zero-order chi connectivity index (χ0) is 20.9. The van der Waals surface area contributed by atoms with Gasteiger partial charge in [0.25, 0.3) is 0 Å². The van der Waals surface area contributed by atoms with Crippen LogP contribution in [0.15, 0.2) is 47.4 Å². The maximum absolute atomic E-state index is 12.7. The van der Waals surface area contributed by atoms with E-state index in [4.69, 9.17) is 0 Å². The second-order valence-corrected chi connectivity index (χ2v) is 8.13. The highest BCUT2D eigenvalue weighted by molar-refractivity contribution is 7.89. The van der Waals surface area contributed by atoms with Crippen molar-refractivity contribution in [3.8, 4) is 0 Å². The average molecular weight is 414 g/mol. The Bertz CT molecular complexity index is 957. The molecule has 9 heteroatoms. The van der Waals surface area contributed by atoms with E-state index in [2.05, 4.69) is 10.0 Å². The van der Waals surface area contributed by atoms with Crippen molar-refractivity contribution in [2.24, 2.45) is 0 Å². The lowest BCUT2D eigenvalue weighted by Gasteiger charge is -2.11. The van der Waals surface area contributed by atoms with E-state index >= 15 is 0 Å². The van der Waals surface area contributed by atoms with Crippen LogP contribution in [0.5, 0.6) is 0 Å². The largest absolute Gasteiger partial charge is 0.416 e. The number of carbonyl (C=O) groups is 1. The zero-order valence-corrected chi connectivity index (χ0v) is 16.2. The van der Waals surface area contributed by atoms with Gasteiger partial charge in [-0.2, -0.15) is 13.2 Å². The molecule has 0 aromatic heterocycles. The first-order valence-electron chi connectivity index (χ1n) is 8.49. The fourth-order valence-corrected chi connectivity index (χ4v) is 3.88. The van der Waals surface area contributed by atoms with E-state index in [0.29, 0.717) is 11.1 Å². The third-order valence-corrected chi connectivity index (χ3v) is 5.62.